The van der Waals surface area contributed by atoms with Gasteiger partial charge in [-0.2, -0.15) is 0 Å². The lowest BCUT2D eigenvalue weighted by Crippen LogP contribution is -2.02. The number of furan rings is 1. The second-order valence-electron chi connectivity index (χ2n) is 6.79. The molecule has 2 heterocycles. The number of carboxylic acids is 1. The Hall–Kier alpha value is -3.14. The zero-order valence-corrected chi connectivity index (χ0v) is 15.2. The highest BCUT2D eigenvalue weighted by molar-refractivity contribution is 6.06. The van der Waals surface area contributed by atoms with Gasteiger partial charge in [0.25, 0.3) is 0 Å². The fraction of sp³-hybridized carbons (Fsp3) is 0.182. The molecule has 0 unspecified atom stereocenters. The standard InChI is InChI=1S/C22H19NO3/c1-11-6-5-7-17-18(11)14(4)21(26-17)16-10-15(22(24)25)19-12(2)8-9-13(3)20(19)23-16/h5-10H,1-4H3,(H,24,25). The van der Waals surface area contributed by atoms with E-state index in [1.165, 1.54) is 0 Å². The third-order valence-corrected chi connectivity index (χ3v) is 5.00. The third kappa shape index (κ3) is 2.30. The van der Waals surface area contributed by atoms with Gasteiger partial charge in [0, 0.05) is 16.3 Å². The van der Waals surface area contributed by atoms with Crippen LogP contribution in [0.15, 0.2) is 40.8 Å². The molecule has 1 N–H and O–H groups in total. The molecular weight excluding hydrogens is 326 g/mol. The molecule has 0 aliphatic carbocycles. The largest absolute Gasteiger partial charge is 0.478 e. The summed E-state index contributed by atoms with van der Waals surface area (Å²) >= 11 is 0. The molecule has 0 amide bonds. The van der Waals surface area contributed by atoms with Crippen LogP contribution in [0.2, 0.25) is 0 Å². The number of benzene rings is 2. The number of hydrogen-bond donors (Lipinski definition) is 1. The van der Waals surface area contributed by atoms with E-state index < -0.39 is 5.97 Å². The minimum Gasteiger partial charge on any atom is -0.478 e. The van der Waals surface area contributed by atoms with Gasteiger partial charge in [0.15, 0.2) is 5.76 Å². The monoisotopic (exact) mass is 345 g/mol. The minimum atomic E-state index is -0.961. The average Bonchev–Trinajstić information content (AvgIpc) is 2.95. The van der Waals surface area contributed by atoms with Crippen molar-refractivity contribution in [1.29, 1.82) is 0 Å². The number of hydrogen-bond acceptors (Lipinski definition) is 3. The normalized spacial score (nSPS) is 11.4. The van der Waals surface area contributed by atoms with Crippen LogP contribution in [0.1, 0.15) is 32.6 Å². The molecule has 0 saturated heterocycles. The Morgan fingerprint density at radius 2 is 1.65 bits per heavy atom. The van der Waals surface area contributed by atoms with Gasteiger partial charge in [-0.15, -0.1) is 0 Å². The fourth-order valence-corrected chi connectivity index (χ4v) is 3.68. The molecule has 0 spiro atoms. The topological polar surface area (TPSA) is 63.3 Å². The Kier molecular flexibility index (Phi) is 3.58. The molecule has 4 aromatic rings. The average molecular weight is 345 g/mol. The van der Waals surface area contributed by atoms with Gasteiger partial charge in [-0.05, 0) is 56.5 Å². The van der Waals surface area contributed by atoms with Crippen molar-refractivity contribution in [2.45, 2.75) is 27.7 Å². The second-order valence-corrected chi connectivity index (χ2v) is 6.79. The lowest BCUT2D eigenvalue weighted by molar-refractivity contribution is 0.0699. The summed E-state index contributed by atoms with van der Waals surface area (Å²) in [5.74, 6) is -0.336. The Labute approximate surface area is 151 Å². The summed E-state index contributed by atoms with van der Waals surface area (Å²) in [4.78, 5) is 16.7. The van der Waals surface area contributed by atoms with Crippen molar-refractivity contribution in [1.82, 2.24) is 4.98 Å². The highest BCUT2D eigenvalue weighted by Gasteiger charge is 2.20. The number of carbonyl (C=O) groups is 1. The van der Waals surface area contributed by atoms with Gasteiger partial charge in [-0.3, -0.25) is 0 Å². The number of aromatic carboxylic acids is 1. The molecular formula is C22H19NO3. The molecule has 4 nitrogen and oxygen atoms in total. The highest BCUT2D eigenvalue weighted by Crippen LogP contribution is 2.36. The number of nitrogens with zero attached hydrogens (tertiary/aromatic N) is 1. The quantitative estimate of drug-likeness (QED) is 0.515. The van der Waals surface area contributed by atoms with Crippen LogP contribution in [0, 0.1) is 27.7 Å². The van der Waals surface area contributed by atoms with E-state index in [0.29, 0.717) is 22.4 Å². The fourth-order valence-electron chi connectivity index (χ4n) is 3.68. The summed E-state index contributed by atoms with van der Waals surface area (Å²) in [6.07, 6.45) is 0. The molecule has 0 aliphatic rings. The number of carboxylic acid groups (broad SMARTS) is 1. The SMILES string of the molecule is Cc1ccc(C)c2c(C(=O)O)cc(-c3oc4cccc(C)c4c3C)nc12. The van der Waals surface area contributed by atoms with E-state index in [1.807, 2.05) is 58.0 Å². The van der Waals surface area contributed by atoms with Gasteiger partial charge in [0.2, 0.25) is 0 Å². The van der Waals surface area contributed by atoms with Crippen LogP contribution in [0.3, 0.4) is 0 Å². The first-order valence-electron chi connectivity index (χ1n) is 8.52. The summed E-state index contributed by atoms with van der Waals surface area (Å²) in [5.41, 5.74) is 6.25. The molecule has 0 fully saturated rings. The van der Waals surface area contributed by atoms with E-state index in [2.05, 4.69) is 0 Å². The maximum atomic E-state index is 11.9. The van der Waals surface area contributed by atoms with E-state index in [1.54, 1.807) is 6.07 Å². The molecule has 2 aromatic carbocycles. The van der Waals surface area contributed by atoms with Gasteiger partial charge in [-0.1, -0.05) is 24.3 Å². The van der Waals surface area contributed by atoms with Gasteiger partial charge < -0.3 is 9.52 Å². The van der Waals surface area contributed by atoms with Crippen LogP contribution in [0.4, 0.5) is 0 Å². The molecule has 130 valence electrons. The Balaban J connectivity index is 2.11. The third-order valence-electron chi connectivity index (χ3n) is 5.00. The maximum Gasteiger partial charge on any atom is 0.336 e. The maximum absolute atomic E-state index is 11.9. The van der Waals surface area contributed by atoms with E-state index in [9.17, 15) is 9.90 Å². The van der Waals surface area contributed by atoms with Gasteiger partial charge >= 0.3 is 5.97 Å². The molecule has 0 radical (unpaired) electrons. The number of rotatable bonds is 2. The Bertz CT molecular complexity index is 1200. The molecule has 4 rings (SSSR count). The van der Waals surface area contributed by atoms with Crippen molar-refractivity contribution in [3.8, 4) is 11.5 Å². The van der Waals surface area contributed by atoms with Crippen molar-refractivity contribution in [2.24, 2.45) is 0 Å². The van der Waals surface area contributed by atoms with Crippen LogP contribution in [0.5, 0.6) is 0 Å². The van der Waals surface area contributed by atoms with Crippen LogP contribution in [0.25, 0.3) is 33.3 Å². The molecule has 4 heteroatoms. The smallest absolute Gasteiger partial charge is 0.336 e. The zero-order valence-electron chi connectivity index (χ0n) is 15.2. The van der Waals surface area contributed by atoms with Crippen molar-refractivity contribution >= 4 is 27.8 Å². The first-order chi connectivity index (χ1) is 12.4. The molecule has 0 saturated carbocycles. The summed E-state index contributed by atoms with van der Waals surface area (Å²) in [6, 6.07) is 11.4. The van der Waals surface area contributed by atoms with Crippen LogP contribution in [-0.4, -0.2) is 16.1 Å². The molecule has 0 bridgehead atoms. The Morgan fingerprint density at radius 3 is 2.35 bits per heavy atom. The van der Waals surface area contributed by atoms with Crippen LogP contribution >= 0.6 is 0 Å². The zero-order chi connectivity index (χ0) is 18.6. The number of fused-ring (bicyclic) bond motifs is 2. The second kappa shape index (κ2) is 5.70. The summed E-state index contributed by atoms with van der Waals surface area (Å²) in [6.45, 7) is 7.88. The first-order valence-corrected chi connectivity index (χ1v) is 8.52. The number of pyridine rings is 1. The van der Waals surface area contributed by atoms with E-state index >= 15 is 0 Å². The molecule has 2 aromatic heterocycles. The van der Waals surface area contributed by atoms with E-state index in [0.717, 1.165) is 33.2 Å². The van der Waals surface area contributed by atoms with Gasteiger partial charge in [0.1, 0.15) is 11.3 Å². The van der Waals surface area contributed by atoms with Crippen LogP contribution < -0.4 is 0 Å². The summed E-state index contributed by atoms with van der Waals surface area (Å²) in [5, 5.41) is 11.5. The highest BCUT2D eigenvalue weighted by atomic mass is 16.4. The number of aryl methyl sites for hydroxylation is 4. The predicted molar refractivity (Wildman–Crippen MR) is 103 cm³/mol. The van der Waals surface area contributed by atoms with Crippen molar-refractivity contribution in [2.75, 3.05) is 0 Å². The van der Waals surface area contributed by atoms with Crippen molar-refractivity contribution in [3.05, 3.63) is 64.2 Å². The molecule has 0 atom stereocenters. The number of aromatic nitrogens is 1. The van der Waals surface area contributed by atoms with Gasteiger partial charge in [-0.25, -0.2) is 9.78 Å². The summed E-state index contributed by atoms with van der Waals surface area (Å²) < 4.78 is 6.06. The van der Waals surface area contributed by atoms with Crippen molar-refractivity contribution in [3.63, 3.8) is 0 Å². The van der Waals surface area contributed by atoms with E-state index in [-0.39, 0.29) is 5.56 Å². The Morgan fingerprint density at radius 1 is 0.962 bits per heavy atom. The summed E-state index contributed by atoms with van der Waals surface area (Å²) in [7, 11) is 0. The first kappa shape index (κ1) is 16.3. The minimum absolute atomic E-state index is 0.253. The molecule has 0 aliphatic heterocycles. The predicted octanol–water partition coefficient (Wildman–Crippen LogP) is 5.58. The van der Waals surface area contributed by atoms with E-state index in [4.69, 9.17) is 9.40 Å². The molecule has 26 heavy (non-hydrogen) atoms. The lowest BCUT2D eigenvalue weighted by Gasteiger charge is -2.10. The van der Waals surface area contributed by atoms with Crippen LogP contribution in [-0.2, 0) is 0 Å². The lowest BCUT2D eigenvalue weighted by atomic mass is 9.98. The van der Waals surface area contributed by atoms with Gasteiger partial charge in [0.05, 0.1) is 11.1 Å². The van der Waals surface area contributed by atoms with Crippen molar-refractivity contribution < 1.29 is 14.3 Å².